The molecule has 0 saturated heterocycles. The number of hydrogen-bond acceptors (Lipinski definition) is 2. The molecule has 1 aromatic rings. The second kappa shape index (κ2) is 4.42. The Hall–Kier alpha value is -1.61. The summed E-state index contributed by atoms with van der Waals surface area (Å²) in [6.45, 7) is -0.0485. The van der Waals surface area contributed by atoms with E-state index in [-0.39, 0.29) is 6.61 Å². The van der Waals surface area contributed by atoms with Crippen molar-refractivity contribution in [1.82, 2.24) is 0 Å². The Morgan fingerprint density at radius 2 is 2.15 bits per heavy atom. The zero-order chi connectivity index (χ0) is 9.68. The predicted octanol–water partition coefficient (Wildman–Crippen LogP) is 0.791. The molecule has 0 aliphatic rings. The molecule has 68 valence electrons. The minimum atomic E-state index is -0.460. The average molecular weight is 177 g/mol. The van der Waals surface area contributed by atoms with Crippen LogP contribution < -0.4 is 5.73 Å². The average Bonchev–Trinajstić information content (AvgIpc) is 2.15. The van der Waals surface area contributed by atoms with Crippen LogP contribution in [0.3, 0.4) is 0 Å². The minimum absolute atomic E-state index is 0.0485. The molecule has 0 aliphatic carbocycles. The zero-order valence-electron chi connectivity index (χ0n) is 7.10. The molecule has 1 aromatic carbocycles. The Kier molecular flexibility index (Phi) is 3.23. The van der Waals surface area contributed by atoms with Gasteiger partial charge in [-0.2, -0.15) is 0 Å². The van der Waals surface area contributed by atoms with Gasteiger partial charge in [0.1, 0.15) is 0 Å². The van der Waals surface area contributed by atoms with Gasteiger partial charge in [0.25, 0.3) is 0 Å². The van der Waals surface area contributed by atoms with E-state index in [1.54, 1.807) is 30.4 Å². The number of carbonyl (C=O) groups excluding carboxylic acids is 1. The van der Waals surface area contributed by atoms with Crippen molar-refractivity contribution in [3.05, 3.63) is 41.5 Å². The van der Waals surface area contributed by atoms with Gasteiger partial charge in [-0.05, 0) is 11.6 Å². The van der Waals surface area contributed by atoms with Crippen LogP contribution in [0.5, 0.6) is 0 Å². The highest BCUT2D eigenvalue weighted by Gasteiger charge is 2.02. The van der Waals surface area contributed by atoms with E-state index in [2.05, 4.69) is 0 Å². The van der Waals surface area contributed by atoms with Gasteiger partial charge in [-0.1, -0.05) is 30.4 Å². The number of primary amides is 1. The van der Waals surface area contributed by atoms with Crippen LogP contribution in [0.2, 0.25) is 0 Å². The summed E-state index contributed by atoms with van der Waals surface area (Å²) in [5, 5.41) is 8.55. The number of carbonyl (C=O) groups is 1. The van der Waals surface area contributed by atoms with Crippen molar-refractivity contribution in [3.63, 3.8) is 0 Å². The van der Waals surface area contributed by atoms with Crippen LogP contribution in [-0.4, -0.2) is 17.6 Å². The zero-order valence-corrected chi connectivity index (χ0v) is 7.10. The van der Waals surface area contributed by atoms with E-state index in [1.165, 1.54) is 0 Å². The van der Waals surface area contributed by atoms with Crippen LogP contribution in [0, 0.1) is 0 Å². The minimum Gasteiger partial charge on any atom is -0.392 e. The largest absolute Gasteiger partial charge is 0.392 e. The molecular formula is C10H11NO2. The van der Waals surface area contributed by atoms with Gasteiger partial charge >= 0.3 is 0 Å². The maximum Gasteiger partial charge on any atom is 0.249 e. The first-order valence-corrected chi connectivity index (χ1v) is 3.92. The topological polar surface area (TPSA) is 63.3 Å². The van der Waals surface area contributed by atoms with Gasteiger partial charge in [0, 0.05) is 5.56 Å². The molecule has 0 unspecified atom stereocenters. The monoisotopic (exact) mass is 177 g/mol. The third-order valence-electron chi connectivity index (χ3n) is 1.63. The Balaban J connectivity index is 3.05. The van der Waals surface area contributed by atoms with E-state index in [0.717, 1.165) is 5.56 Å². The summed E-state index contributed by atoms with van der Waals surface area (Å²) >= 11 is 0. The van der Waals surface area contributed by atoms with Gasteiger partial charge in [0.2, 0.25) is 5.91 Å². The summed E-state index contributed by atoms with van der Waals surface area (Å²) in [4.78, 5) is 10.9. The fourth-order valence-corrected chi connectivity index (χ4v) is 1.05. The standard InChI is InChI=1S/C10H11NO2/c11-10(13)9-6-2-1-4-8(9)5-3-7-12/h1-6,12H,7H2,(H2,11,13)/b5-3+. The fraction of sp³-hybridized carbons (Fsp3) is 0.100. The fourth-order valence-electron chi connectivity index (χ4n) is 1.05. The molecule has 3 nitrogen and oxygen atoms in total. The molecule has 0 heterocycles. The summed E-state index contributed by atoms with van der Waals surface area (Å²) in [5.74, 6) is -0.460. The molecule has 0 bridgehead atoms. The van der Waals surface area contributed by atoms with Crippen LogP contribution in [0.15, 0.2) is 30.3 Å². The maximum absolute atomic E-state index is 10.9. The molecular weight excluding hydrogens is 166 g/mol. The van der Waals surface area contributed by atoms with Gasteiger partial charge in [-0.3, -0.25) is 4.79 Å². The van der Waals surface area contributed by atoms with Crippen LogP contribution in [0.4, 0.5) is 0 Å². The number of aliphatic hydroxyl groups is 1. The van der Waals surface area contributed by atoms with Crippen molar-refractivity contribution >= 4 is 12.0 Å². The van der Waals surface area contributed by atoms with E-state index < -0.39 is 5.91 Å². The third kappa shape index (κ3) is 2.42. The summed E-state index contributed by atoms with van der Waals surface area (Å²) in [5.41, 5.74) is 6.34. The summed E-state index contributed by atoms with van der Waals surface area (Å²) in [7, 11) is 0. The maximum atomic E-state index is 10.9. The highest BCUT2D eigenvalue weighted by Crippen LogP contribution is 2.09. The number of amides is 1. The van der Waals surface area contributed by atoms with E-state index in [1.807, 2.05) is 6.07 Å². The van der Waals surface area contributed by atoms with E-state index in [9.17, 15) is 4.79 Å². The smallest absolute Gasteiger partial charge is 0.249 e. The summed E-state index contributed by atoms with van der Waals surface area (Å²) in [6.07, 6.45) is 3.22. The van der Waals surface area contributed by atoms with Crippen molar-refractivity contribution < 1.29 is 9.90 Å². The molecule has 0 fully saturated rings. The van der Waals surface area contributed by atoms with Crippen molar-refractivity contribution in [2.75, 3.05) is 6.61 Å². The van der Waals surface area contributed by atoms with Gasteiger partial charge in [0.15, 0.2) is 0 Å². The Bertz CT molecular complexity index is 331. The van der Waals surface area contributed by atoms with Crippen molar-refractivity contribution in [2.45, 2.75) is 0 Å². The third-order valence-corrected chi connectivity index (χ3v) is 1.63. The molecule has 1 rings (SSSR count). The Morgan fingerprint density at radius 3 is 2.77 bits per heavy atom. The number of rotatable bonds is 3. The van der Waals surface area contributed by atoms with Gasteiger partial charge in [-0.15, -0.1) is 0 Å². The predicted molar refractivity (Wildman–Crippen MR) is 51.1 cm³/mol. The van der Waals surface area contributed by atoms with Crippen molar-refractivity contribution in [2.24, 2.45) is 5.73 Å². The highest BCUT2D eigenvalue weighted by atomic mass is 16.2. The molecule has 1 amide bonds. The Labute approximate surface area is 76.5 Å². The first-order valence-electron chi connectivity index (χ1n) is 3.92. The van der Waals surface area contributed by atoms with Crippen LogP contribution in [-0.2, 0) is 0 Å². The van der Waals surface area contributed by atoms with Gasteiger partial charge < -0.3 is 10.8 Å². The molecule has 0 aromatic heterocycles. The summed E-state index contributed by atoms with van der Waals surface area (Å²) in [6, 6.07) is 6.98. The van der Waals surface area contributed by atoms with E-state index in [4.69, 9.17) is 10.8 Å². The van der Waals surface area contributed by atoms with Crippen molar-refractivity contribution in [1.29, 1.82) is 0 Å². The molecule has 0 spiro atoms. The van der Waals surface area contributed by atoms with Gasteiger partial charge in [0.05, 0.1) is 6.61 Å². The molecule has 0 aliphatic heterocycles. The lowest BCUT2D eigenvalue weighted by Crippen LogP contribution is -2.12. The second-order valence-corrected chi connectivity index (χ2v) is 2.54. The lowest BCUT2D eigenvalue weighted by molar-refractivity contribution is 0.1000. The SMILES string of the molecule is NC(=O)c1ccccc1/C=C/CO. The number of nitrogens with two attached hydrogens (primary N) is 1. The van der Waals surface area contributed by atoms with Crippen LogP contribution in [0.1, 0.15) is 15.9 Å². The number of aliphatic hydroxyl groups excluding tert-OH is 1. The molecule has 3 N–H and O–H groups in total. The molecule has 13 heavy (non-hydrogen) atoms. The first-order chi connectivity index (χ1) is 6.25. The van der Waals surface area contributed by atoms with E-state index in [0.29, 0.717) is 5.56 Å². The first kappa shape index (κ1) is 9.48. The molecule has 0 radical (unpaired) electrons. The van der Waals surface area contributed by atoms with E-state index >= 15 is 0 Å². The van der Waals surface area contributed by atoms with Gasteiger partial charge in [-0.25, -0.2) is 0 Å². The normalized spacial score (nSPS) is 10.5. The highest BCUT2D eigenvalue weighted by molar-refractivity contribution is 5.96. The van der Waals surface area contributed by atoms with Crippen molar-refractivity contribution in [3.8, 4) is 0 Å². The van der Waals surface area contributed by atoms with Crippen LogP contribution in [0.25, 0.3) is 6.08 Å². The number of hydrogen-bond donors (Lipinski definition) is 2. The molecule has 0 atom stereocenters. The lowest BCUT2D eigenvalue weighted by Gasteiger charge is -1.99. The lowest BCUT2D eigenvalue weighted by atomic mass is 10.1. The quantitative estimate of drug-likeness (QED) is 0.717. The second-order valence-electron chi connectivity index (χ2n) is 2.54. The molecule has 3 heteroatoms. The Morgan fingerprint density at radius 1 is 1.46 bits per heavy atom. The molecule has 0 saturated carbocycles. The number of benzene rings is 1. The summed E-state index contributed by atoms with van der Waals surface area (Å²) < 4.78 is 0. The van der Waals surface area contributed by atoms with Crippen LogP contribution >= 0.6 is 0 Å².